The molecular weight excluding hydrogens is 428 g/mol. The third kappa shape index (κ3) is 4.68. The van der Waals surface area contributed by atoms with E-state index in [0.29, 0.717) is 50.9 Å². The summed E-state index contributed by atoms with van der Waals surface area (Å²) in [5.41, 5.74) is 1.58. The zero-order valence-corrected chi connectivity index (χ0v) is 18.9. The Morgan fingerprint density at radius 1 is 0.969 bits per heavy atom. The van der Waals surface area contributed by atoms with Crippen LogP contribution >= 0.6 is 0 Å². The van der Waals surface area contributed by atoms with Gasteiger partial charge >= 0.3 is 0 Å². The maximum Gasteiger partial charge on any atom is 0.253 e. The summed E-state index contributed by atoms with van der Waals surface area (Å²) in [6.45, 7) is 3.33. The molecule has 0 spiro atoms. The Hall–Kier alpha value is -2.78. The molecule has 2 aliphatic rings. The first-order chi connectivity index (χ1) is 15.4. The van der Waals surface area contributed by atoms with Gasteiger partial charge < -0.3 is 10.2 Å². The first-order valence-corrected chi connectivity index (χ1v) is 12.4. The number of benzene rings is 1. The van der Waals surface area contributed by atoms with Crippen molar-refractivity contribution in [1.82, 2.24) is 19.5 Å². The van der Waals surface area contributed by atoms with E-state index in [2.05, 4.69) is 10.3 Å². The zero-order valence-electron chi connectivity index (χ0n) is 18.1. The van der Waals surface area contributed by atoms with Crippen molar-refractivity contribution >= 4 is 21.8 Å². The lowest BCUT2D eigenvalue weighted by Gasteiger charge is -2.33. The second kappa shape index (κ2) is 9.38. The number of amides is 2. The number of sulfonamides is 1. The van der Waals surface area contributed by atoms with Gasteiger partial charge in [-0.1, -0.05) is 17.7 Å². The molecule has 0 saturated carbocycles. The monoisotopic (exact) mass is 456 g/mol. The van der Waals surface area contributed by atoms with Gasteiger partial charge in [-0.05, 0) is 56.9 Å². The maximum absolute atomic E-state index is 13.1. The molecule has 0 aliphatic carbocycles. The molecule has 4 rings (SSSR count). The minimum atomic E-state index is -3.73. The van der Waals surface area contributed by atoms with Crippen molar-refractivity contribution in [3.8, 4) is 0 Å². The minimum absolute atomic E-state index is 0.0386. The first kappa shape index (κ1) is 22.4. The number of nitrogens with zero attached hydrogens (tertiary/aromatic N) is 3. The average molecular weight is 457 g/mol. The van der Waals surface area contributed by atoms with Gasteiger partial charge in [0.25, 0.3) is 5.91 Å². The van der Waals surface area contributed by atoms with Crippen molar-refractivity contribution in [2.24, 2.45) is 0 Å². The van der Waals surface area contributed by atoms with Gasteiger partial charge in [-0.2, -0.15) is 4.31 Å². The molecule has 1 aromatic carbocycles. The summed E-state index contributed by atoms with van der Waals surface area (Å²) in [6, 6.07) is 9.32. The highest BCUT2D eigenvalue weighted by molar-refractivity contribution is 7.89. The van der Waals surface area contributed by atoms with Gasteiger partial charge in [0.2, 0.25) is 15.9 Å². The van der Waals surface area contributed by atoms with Crippen LogP contribution in [0.1, 0.15) is 41.6 Å². The predicted octanol–water partition coefficient (Wildman–Crippen LogP) is 1.96. The lowest BCUT2D eigenvalue weighted by molar-refractivity contribution is -0.125. The van der Waals surface area contributed by atoms with Crippen LogP contribution in [0.2, 0.25) is 0 Å². The van der Waals surface area contributed by atoms with Crippen LogP contribution in [0.5, 0.6) is 0 Å². The van der Waals surface area contributed by atoms with E-state index < -0.39 is 16.1 Å². The van der Waals surface area contributed by atoms with Gasteiger partial charge in [-0.3, -0.25) is 14.6 Å². The molecule has 0 radical (unpaired) electrons. The number of carbonyl (C=O) groups excluding carboxylic acids is 2. The van der Waals surface area contributed by atoms with Crippen LogP contribution in [0.3, 0.4) is 0 Å². The second-order valence-corrected chi connectivity index (χ2v) is 10.3. The summed E-state index contributed by atoms with van der Waals surface area (Å²) in [5.74, 6) is -0.291. The molecule has 2 fully saturated rings. The first-order valence-electron chi connectivity index (χ1n) is 10.9. The fraction of sp³-hybridized carbons (Fsp3) is 0.435. The molecule has 0 unspecified atom stereocenters. The SMILES string of the molecule is Cc1ccc(S(=O)(=O)N2CCC[C@H]2C(=O)NC2CCN(C(=O)c3ccncc3)CC2)cc1. The topological polar surface area (TPSA) is 99.7 Å². The lowest BCUT2D eigenvalue weighted by atomic mass is 10.0. The number of pyridine rings is 1. The van der Waals surface area contributed by atoms with Crippen molar-refractivity contribution in [3.63, 3.8) is 0 Å². The quantitative estimate of drug-likeness (QED) is 0.742. The highest BCUT2D eigenvalue weighted by atomic mass is 32.2. The Morgan fingerprint density at radius 2 is 1.62 bits per heavy atom. The van der Waals surface area contributed by atoms with Crippen LogP contribution in [-0.2, 0) is 14.8 Å². The fourth-order valence-electron chi connectivity index (χ4n) is 4.34. The van der Waals surface area contributed by atoms with E-state index in [4.69, 9.17) is 0 Å². The molecule has 3 heterocycles. The lowest BCUT2D eigenvalue weighted by Crippen LogP contribution is -2.52. The molecule has 32 heavy (non-hydrogen) atoms. The number of rotatable bonds is 5. The number of nitrogens with one attached hydrogen (secondary N) is 1. The Morgan fingerprint density at radius 3 is 2.28 bits per heavy atom. The average Bonchev–Trinajstić information content (AvgIpc) is 3.31. The molecule has 8 nitrogen and oxygen atoms in total. The summed E-state index contributed by atoms with van der Waals surface area (Å²) < 4.78 is 27.5. The summed E-state index contributed by atoms with van der Waals surface area (Å²) in [7, 11) is -3.73. The van der Waals surface area contributed by atoms with Crippen molar-refractivity contribution in [1.29, 1.82) is 0 Å². The molecule has 0 bridgehead atoms. The van der Waals surface area contributed by atoms with E-state index in [-0.39, 0.29) is 22.8 Å². The van der Waals surface area contributed by atoms with Crippen LogP contribution < -0.4 is 5.32 Å². The number of carbonyl (C=O) groups is 2. The molecule has 2 saturated heterocycles. The summed E-state index contributed by atoms with van der Waals surface area (Å²) in [4.78, 5) is 31.5. The molecule has 2 amide bonds. The molecule has 1 atom stereocenters. The maximum atomic E-state index is 13.1. The number of aromatic nitrogens is 1. The van der Waals surface area contributed by atoms with Crippen molar-refractivity contribution in [3.05, 3.63) is 59.9 Å². The van der Waals surface area contributed by atoms with E-state index >= 15 is 0 Å². The fourth-order valence-corrected chi connectivity index (χ4v) is 5.99. The van der Waals surface area contributed by atoms with Crippen LogP contribution in [0.4, 0.5) is 0 Å². The van der Waals surface area contributed by atoms with Gasteiger partial charge in [0.1, 0.15) is 6.04 Å². The number of aryl methyl sites for hydroxylation is 1. The molecule has 1 N–H and O–H groups in total. The van der Waals surface area contributed by atoms with Crippen molar-refractivity contribution < 1.29 is 18.0 Å². The Kier molecular flexibility index (Phi) is 6.57. The van der Waals surface area contributed by atoms with Crippen molar-refractivity contribution in [2.75, 3.05) is 19.6 Å². The van der Waals surface area contributed by atoms with Gasteiger partial charge in [0.15, 0.2) is 0 Å². The van der Waals surface area contributed by atoms with Crippen molar-refractivity contribution in [2.45, 2.75) is 49.6 Å². The molecule has 170 valence electrons. The van der Waals surface area contributed by atoms with Gasteiger partial charge in [0.05, 0.1) is 4.90 Å². The number of hydrogen-bond donors (Lipinski definition) is 1. The molecule has 2 aliphatic heterocycles. The van der Waals surface area contributed by atoms with Gasteiger partial charge in [-0.25, -0.2) is 8.42 Å². The van der Waals surface area contributed by atoms with E-state index in [1.807, 2.05) is 6.92 Å². The summed E-state index contributed by atoms with van der Waals surface area (Å²) >= 11 is 0. The molecular formula is C23H28N4O4S. The van der Waals surface area contributed by atoms with E-state index in [0.717, 1.165) is 5.56 Å². The van der Waals surface area contributed by atoms with Crippen LogP contribution in [-0.4, -0.2) is 66.1 Å². The number of likely N-dealkylation sites (tertiary alicyclic amines) is 1. The van der Waals surface area contributed by atoms with E-state index in [9.17, 15) is 18.0 Å². The normalized spacial score (nSPS) is 20.3. The zero-order chi connectivity index (χ0) is 22.7. The number of hydrogen-bond acceptors (Lipinski definition) is 5. The minimum Gasteiger partial charge on any atom is -0.352 e. The number of piperidine rings is 1. The highest BCUT2D eigenvalue weighted by Gasteiger charge is 2.40. The third-order valence-corrected chi connectivity index (χ3v) is 8.11. The van der Waals surface area contributed by atoms with Crippen LogP contribution in [0, 0.1) is 6.92 Å². The second-order valence-electron chi connectivity index (χ2n) is 8.40. The van der Waals surface area contributed by atoms with Crippen LogP contribution in [0.15, 0.2) is 53.7 Å². The molecule has 2 aromatic rings. The van der Waals surface area contributed by atoms with Gasteiger partial charge in [0, 0.05) is 43.6 Å². The van der Waals surface area contributed by atoms with Crippen LogP contribution in [0.25, 0.3) is 0 Å². The Bertz CT molecular complexity index is 1060. The summed E-state index contributed by atoms with van der Waals surface area (Å²) in [6.07, 6.45) is 5.63. The third-order valence-electron chi connectivity index (χ3n) is 6.19. The standard InChI is InChI=1S/C23H28N4O4S/c1-17-4-6-20(7-5-17)32(30,31)27-14-2-3-21(27)22(28)25-19-10-15-26(16-11-19)23(29)18-8-12-24-13-9-18/h4-9,12-13,19,21H,2-3,10-11,14-16H2,1H3,(H,25,28)/t21-/m0/s1. The molecule has 1 aromatic heterocycles. The van der Waals surface area contributed by atoms with E-state index in [1.54, 1.807) is 53.7 Å². The van der Waals surface area contributed by atoms with Gasteiger partial charge in [-0.15, -0.1) is 0 Å². The predicted molar refractivity (Wildman–Crippen MR) is 119 cm³/mol. The smallest absolute Gasteiger partial charge is 0.253 e. The summed E-state index contributed by atoms with van der Waals surface area (Å²) in [5, 5.41) is 3.03. The largest absolute Gasteiger partial charge is 0.352 e. The van der Waals surface area contributed by atoms with E-state index in [1.165, 1.54) is 4.31 Å². The Labute approximate surface area is 188 Å². The Balaban J connectivity index is 1.36. The molecule has 9 heteroatoms. The highest BCUT2D eigenvalue weighted by Crippen LogP contribution is 2.27.